The van der Waals surface area contributed by atoms with Crippen LogP contribution in [0.5, 0.6) is 0 Å². The number of rotatable bonds is 7. The van der Waals surface area contributed by atoms with E-state index in [0.29, 0.717) is 6.54 Å². The number of halogens is 1. The van der Waals surface area contributed by atoms with Gasteiger partial charge in [0, 0.05) is 38.0 Å². The molecule has 3 rings (SSSR count). The van der Waals surface area contributed by atoms with E-state index < -0.39 is 0 Å². The largest absolute Gasteiger partial charge is 0.393 e. The molecule has 1 aromatic rings. The highest BCUT2D eigenvalue weighted by atomic mass is 127. The smallest absolute Gasteiger partial charge is 0.191 e. The van der Waals surface area contributed by atoms with Crippen molar-refractivity contribution in [2.45, 2.75) is 57.1 Å². The van der Waals surface area contributed by atoms with Gasteiger partial charge in [-0.05, 0) is 49.5 Å². The summed E-state index contributed by atoms with van der Waals surface area (Å²) < 4.78 is 0. The molecule has 0 aromatic heterocycles. The molecule has 2 saturated heterocycles. The molecule has 1 aromatic carbocycles. The fourth-order valence-electron chi connectivity index (χ4n) is 3.61. The first-order valence-corrected chi connectivity index (χ1v) is 11.4. The molecule has 0 aliphatic carbocycles. The summed E-state index contributed by atoms with van der Waals surface area (Å²) in [6, 6.07) is 8.80. The van der Waals surface area contributed by atoms with Crippen molar-refractivity contribution >= 4 is 41.7 Å². The number of benzene rings is 1. The van der Waals surface area contributed by atoms with Gasteiger partial charge in [-0.2, -0.15) is 11.8 Å². The number of aliphatic hydroxyl groups excluding tert-OH is 1. The van der Waals surface area contributed by atoms with Crippen LogP contribution in [0.1, 0.15) is 43.7 Å². The lowest BCUT2D eigenvalue weighted by atomic mass is 10.1. The normalized spacial score (nSPS) is 21.4. The Labute approximate surface area is 191 Å². The quantitative estimate of drug-likeness (QED) is 0.294. The summed E-state index contributed by atoms with van der Waals surface area (Å²) in [6.07, 6.45) is 4.34. The second kappa shape index (κ2) is 12.9. The second-order valence-electron chi connectivity index (χ2n) is 7.53. The van der Waals surface area contributed by atoms with Gasteiger partial charge in [0.05, 0.1) is 12.6 Å². The molecule has 2 heterocycles. The second-order valence-corrected chi connectivity index (χ2v) is 8.94. The average Bonchev–Trinajstić information content (AvgIpc) is 3.21. The SMILES string of the molecule is CCNC(=NCc1ccc(CN2CCC(O)CC2)cc1)NCC1CCCS1.I. The van der Waals surface area contributed by atoms with Crippen LogP contribution in [0, 0.1) is 0 Å². The van der Waals surface area contributed by atoms with Gasteiger partial charge >= 0.3 is 0 Å². The van der Waals surface area contributed by atoms with E-state index in [0.717, 1.165) is 56.8 Å². The van der Waals surface area contributed by atoms with E-state index in [1.807, 2.05) is 0 Å². The van der Waals surface area contributed by atoms with Gasteiger partial charge in [0.2, 0.25) is 0 Å². The average molecular weight is 519 g/mol. The van der Waals surface area contributed by atoms with Crippen LogP contribution in [0.15, 0.2) is 29.3 Å². The van der Waals surface area contributed by atoms with Crippen molar-refractivity contribution in [3.63, 3.8) is 0 Å². The molecular formula is C21H35IN4OS. The standard InChI is InChI=1S/C21H34N4OS.HI/c1-2-22-21(24-15-20-4-3-13-27-20)23-14-17-5-7-18(8-6-17)16-25-11-9-19(26)10-12-25;/h5-8,19-20,26H,2-4,9-16H2,1H3,(H2,22,23,24);1H. The molecule has 0 amide bonds. The first-order valence-electron chi connectivity index (χ1n) is 10.3. The van der Waals surface area contributed by atoms with Crippen molar-refractivity contribution in [2.24, 2.45) is 4.99 Å². The van der Waals surface area contributed by atoms with E-state index >= 15 is 0 Å². The third kappa shape index (κ3) is 8.08. The van der Waals surface area contributed by atoms with Crippen molar-refractivity contribution in [3.8, 4) is 0 Å². The van der Waals surface area contributed by atoms with Crippen LogP contribution in [0.4, 0.5) is 0 Å². The highest BCUT2D eigenvalue weighted by molar-refractivity contribution is 14.0. The molecule has 1 atom stereocenters. The van der Waals surface area contributed by atoms with Gasteiger partial charge in [-0.1, -0.05) is 24.3 Å². The molecule has 158 valence electrons. The Morgan fingerprint density at radius 2 is 1.86 bits per heavy atom. The molecule has 28 heavy (non-hydrogen) atoms. The Hall–Kier alpha value is -0.510. The molecule has 3 N–H and O–H groups in total. The first-order chi connectivity index (χ1) is 13.2. The molecule has 0 bridgehead atoms. The molecule has 0 spiro atoms. The van der Waals surface area contributed by atoms with Crippen molar-refractivity contribution in [2.75, 3.05) is 31.9 Å². The number of hydrogen-bond donors (Lipinski definition) is 3. The lowest BCUT2D eigenvalue weighted by molar-refractivity contribution is 0.0792. The Morgan fingerprint density at radius 1 is 1.14 bits per heavy atom. The maximum Gasteiger partial charge on any atom is 0.191 e. The molecule has 5 nitrogen and oxygen atoms in total. The van der Waals surface area contributed by atoms with Crippen LogP contribution < -0.4 is 10.6 Å². The van der Waals surface area contributed by atoms with Crippen molar-refractivity contribution in [1.29, 1.82) is 0 Å². The predicted molar refractivity (Wildman–Crippen MR) is 131 cm³/mol. The fourth-order valence-corrected chi connectivity index (χ4v) is 4.81. The number of aliphatic imine (C=N–C) groups is 1. The summed E-state index contributed by atoms with van der Waals surface area (Å²) in [4.78, 5) is 7.17. The number of nitrogens with one attached hydrogen (secondary N) is 2. The van der Waals surface area contributed by atoms with Crippen LogP contribution in [0.3, 0.4) is 0 Å². The highest BCUT2D eigenvalue weighted by Crippen LogP contribution is 2.25. The van der Waals surface area contributed by atoms with Crippen LogP contribution >= 0.6 is 35.7 Å². The van der Waals surface area contributed by atoms with Crippen LogP contribution in [-0.4, -0.2) is 59.3 Å². The summed E-state index contributed by atoms with van der Waals surface area (Å²) >= 11 is 2.07. The lowest BCUT2D eigenvalue weighted by Gasteiger charge is -2.29. The van der Waals surface area contributed by atoms with E-state index in [2.05, 4.69) is 58.5 Å². The monoisotopic (exact) mass is 518 g/mol. The minimum atomic E-state index is -0.103. The van der Waals surface area contributed by atoms with Gasteiger partial charge in [0.25, 0.3) is 0 Å². The zero-order valence-corrected chi connectivity index (χ0v) is 20.0. The number of likely N-dealkylation sites (tertiary alicyclic amines) is 1. The molecule has 2 aliphatic heterocycles. The maximum atomic E-state index is 9.62. The van der Waals surface area contributed by atoms with E-state index in [4.69, 9.17) is 4.99 Å². The number of thioether (sulfide) groups is 1. The third-order valence-electron chi connectivity index (χ3n) is 5.27. The number of guanidine groups is 1. The molecule has 1 unspecified atom stereocenters. The van der Waals surface area contributed by atoms with Crippen LogP contribution in [-0.2, 0) is 13.1 Å². The molecule has 0 saturated carbocycles. The zero-order chi connectivity index (χ0) is 18.9. The van der Waals surface area contributed by atoms with E-state index in [1.165, 1.54) is 29.7 Å². The summed E-state index contributed by atoms with van der Waals surface area (Å²) in [6.45, 7) is 7.64. The fraction of sp³-hybridized carbons (Fsp3) is 0.667. The number of aliphatic hydroxyl groups is 1. The molecule has 2 aliphatic rings. The summed E-state index contributed by atoms with van der Waals surface area (Å²) in [7, 11) is 0. The minimum absolute atomic E-state index is 0. The number of hydrogen-bond acceptors (Lipinski definition) is 4. The Morgan fingerprint density at radius 3 is 2.50 bits per heavy atom. The van der Waals surface area contributed by atoms with Gasteiger partial charge < -0.3 is 15.7 Å². The van der Waals surface area contributed by atoms with Crippen molar-refractivity contribution in [3.05, 3.63) is 35.4 Å². The number of nitrogens with zero attached hydrogens (tertiary/aromatic N) is 2. The first kappa shape index (κ1) is 23.8. The van der Waals surface area contributed by atoms with Crippen LogP contribution in [0.25, 0.3) is 0 Å². The van der Waals surface area contributed by atoms with Crippen LogP contribution in [0.2, 0.25) is 0 Å². The van der Waals surface area contributed by atoms with Crippen molar-refractivity contribution < 1.29 is 5.11 Å². The van der Waals surface area contributed by atoms with Gasteiger partial charge in [0.1, 0.15) is 0 Å². The summed E-state index contributed by atoms with van der Waals surface area (Å²) in [5, 5.41) is 17.2. The predicted octanol–water partition coefficient (Wildman–Crippen LogP) is 3.21. The number of piperidine rings is 1. The molecular weight excluding hydrogens is 483 g/mol. The molecule has 0 radical (unpaired) electrons. The van der Waals surface area contributed by atoms with E-state index in [-0.39, 0.29) is 30.1 Å². The maximum absolute atomic E-state index is 9.62. The van der Waals surface area contributed by atoms with Gasteiger partial charge in [-0.15, -0.1) is 24.0 Å². The molecule has 7 heteroatoms. The lowest BCUT2D eigenvalue weighted by Crippen LogP contribution is -2.40. The minimum Gasteiger partial charge on any atom is -0.393 e. The highest BCUT2D eigenvalue weighted by Gasteiger charge is 2.17. The van der Waals surface area contributed by atoms with E-state index in [9.17, 15) is 5.11 Å². The van der Waals surface area contributed by atoms with Crippen molar-refractivity contribution in [1.82, 2.24) is 15.5 Å². The Balaban J connectivity index is 0.00000280. The van der Waals surface area contributed by atoms with Gasteiger partial charge in [-0.25, -0.2) is 4.99 Å². The third-order valence-corrected chi connectivity index (χ3v) is 6.67. The van der Waals surface area contributed by atoms with E-state index in [1.54, 1.807) is 0 Å². The molecule has 2 fully saturated rings. The Kier molecular flexibility index (Phi) is 11.0. The summed E-state index contributed by atoms with van der Waals surface area (Å²) in [5.41, 5.74) is 2.57. The zero-order valence-electron chi connectivity index (χ0n) is 16.9. The topological polar surface area (TPSA) is 59.9 Å². The Bertz CT molecular complexity index is 585. The van der Waals surface area contributed by atoms with Gasteiger partial charge in [-0.3, -0.25) is 4.90 Å². The van der Waals surface area contributed by atoms with Gasteiger partial charge in [0.15, 0.2) is 5.96 Å². The summed E-state index contributed by atoms with van der Waals surface area (Å²) in [5.74, 6) is 2.21.